The predicted molar refractivity (Wildman–Crippen MR) is 75.1 cm³/mol. The van der Waals surface area contributed by atoms with Gasteiger partial charge in [-0.15, -0.1) is 0 Å². The molecule has 0 aromatic carbocycles. The number of carbonyl (C=O) groups excluding carboxylic acids is 1. The van der Waals surface area contributed by atoms with E-state index in [-0.39, 0.29) is 11.9 Å². The summed E-state index contributed by atoms with van der Waals surface area (Å²) in [7, 11) is 0. The molecule has 2 aliphatic rings. The highest BCUT2D eigenvalue weighted by Crippen LogP contribution is 2.40. The number of rotatable bonds is 3. The summed E-state index contributed by atoms with van der Waals surface area (Å²) in [4.78, 5) is 23.2. The van der Waals surface area contributed by atoms with E-state index in [1.54, 1.807) is 4.90 Å². The first-order chi connectivity index (χ1) is 10.7. The van der Waals surface area contributed by atoms with Gasteiger partial charge in [0.05, 0.1) is 11.7 Å². The molecule has 116 valence electrons. The van der Waals surface area contributed by atoms with Gasteiger partial charge in [0.2, 0.25) is 12.2 Å². The van der Waals surface area contributed by atoms with Crippen molar-refractivity contribution < 1.29 is 13.7 Å². The molecule has 0 radical (unpaired) electrons. The normalized spacial score (nSPS) is 22.0. The minimum atomic E-state index is -0.145. The fraction of sp³-hybridized carbons (Fsp3) is 0.600. The lowest BCUT2D eigenvalue weighted by Crippen LogP contribution is -2.39. The maximum Gasteiger partial charge on any atom is 0.292 e. The first-order valence-corrected chi connectivity index (χ1v) is 7.78. The molecular formula is C15H18N4O3. The number of oxazole rings is 1. The maximum absolute atomic E-state index is 12.9. The van der Waals surface area contributed by atoms with Gasteiger partial charge in [-0.3, -0.25) is 4.79 Å². The number of amides is 1. The SMILES string of the molecule is Cc1nc(C2CC2)oc1C(=O)N1CCCCC1c1ncon1. The quantitative estimate of drug-likeness (QED) is 0.866. The highest BCUT2D eigenvalue weighted by molar-refractivity contribution is 5.92. The van der Waals surface area contributed by atoms with Crippen LogP contribution in [0.1, 0.15) is 72.0 Å². The van der Waals surface area contributed by atoms with Gasteiger partial charge in [-0.1, -0.05) is 5.16 Å². The zero-order valence-electron chi connectivity index (χ0n) is 12.5. The van der Waals surface area contributed by atoms with Crippen LogP contribution < -0.4 is 0 Å². The zero-order chi connectivity index (χ0) is 15.1. The van der Waals surface area contributed by atoms with Gasteiger partial charge in [0, 0.05) is 12.5 Å². The Morgan fingerprint density at radius 1 is 1.32 bits per heavy atom. The van der Waals surface area contributed by atoms with Crippen LogP contribution in [0.4, 0.5) is 0 Å². The van der Waals surface area contributed by atoms with Crippen molar-refractivity contribution in [2.24, 2.45) is 0 Å². The Morgan fingerprint density at radius 2 is 2.18 bits per heavy atom. The van der Waals surface area contributed by atoms with Crippen LogP contribution >= 0.6 is 0 Å². The molecule has 1 aliphatic carbocycles. The summed E-state index contributed by atoms with van der Waals surface area (Å²) in [5, 5.41) is 3.91. The summed E-state index contributed by atoms with van der Waals surface area (Å²) in [6.45, 7) is 2.51. The van der Waals surface area contributed by atoms with Crippen LogP contribution in [0, 0.1) is 6.92 Å². The molecule has 1 atom stereocenters. The van der Waals surface area contributed by atoms with Gasteiger partial charge >= 0.3 is 0 Å². The minimum Gasteiger partial charge on any atom is -0.435 e. The van der Waals surface area contributed by atoms with Gasteiger partial charge in [-0.2, -0.15) is 4.98 Å². The number of nitrogens with zero attached hydrogens (tertiary/aromatic N) is 4. The molecule has 2 aromatic heterocycles. The lowest BCUT2D eigenvalue weighted by Gasteiger charge is -2.33. The summed E-state index contributed by atoms with van der Waals surface area (Å²) in [5.74, 6) is 1.90. The number of hydrogen-bond acceptors (Lipinski definition) is 6. The van der Waals surface area contributed by atoms with Crippen LogP contribution in [0.5, 0.6) is 0 Å². The number of piperidine rings is 1. The summed E-state index contributed by atoms with van der Waals surface area (Å²) in [5.41, 5.74) is 0.671. The van der Waals surface area contributed by atoms with E-state index in [4.69, 9.17) is 8.94 Å². The smallest absolute Gasteiger partial charge is 0.292 e. The minimum absolute atomic E-state index is 0.119. The monoisotopic (exact) mass is 302 g/mol. The highest BCUT2D eigenvalue weighted by Gasteiger charge is 2.36. The van der Waals surface area contributed by atoms with Crippen molar-refractivity contribution in [1.82, 2.24) is 20.0 Å². The lowest BCUT2D eigenvalue weighted by molar-refractivity contribution is 0.0561. The van der Waals surface area contributed by atoms with E-state index in [1.807, 2.05) is 6.92 Å². The number of hydrogen-bond donors (Lipinski definition) is 0. The Morgan fingerprint density at radius 3 is 2.91 bits per heavy atom. The molecule has 1 saturated heterocycles. The largest absolute Gasteiger partial charge is 0.435 e. The van der Waals surface area contributed by atoms with E-state index in [2.05, 4.69) is 15.1 Å². The summed E-state index contributed by atoms with van der Waals surface area (Å²) in [6, 6.07) is -0.145. The van der Waals surface area contributed by atoms with Gasteiger partial charge < -0.3 is 13.8 Å². The Hall–Kier alpha value is -2.18. The predicted octanol–water partition coefficient (Wildman–Crippen LogP) is 2.61. The van der Waals surface area contributed by atoms with Crippen molar-refractivity contribution in [2.45, 2.75) is 51.0 Å². The van der Waals surface area contributed by atoms with Crippen LogP contribution in [-0.4, -0.2) is 32.5 Å². The van der Waals surface area contributed by atoms with Crippen molar-refractivity contribution in [2.75, 3.05) is 6.54 Å². The molecule has 7 nitrogen and oxygen atoms in total. The van der Waals surface area contributed by atoms with E-state index < -0.39 is 0 Å². The van der Waals surface area contributed by atoms with Crippen molar-refractivity contribution in [3.63, 3.8) is 0 Å². The number of carbonyl (C=O) groups is 1. The van der Waals surface area contributed by atoms with E-state index >= 15 is 0 Å². The second-order valence-electron chi connectivity index (χ2n) is 6.04. The molecule has 2 fully saturated rings. The Balaban J connectivity index is 1.62. The first-order valence-electron chi connectivity index (χ1n) is 7.78. The fourth-order valence-corrected chi connectivity index (χ4v) is 3.02. The van der Waals surface area contributed by atoms with Crippen LogP contribution in [-0.2, 0) is 0 Å². The molecule has 1 unspecified atom stereocenters. The molecule has 0 spiro atoms. The number of aryl methyl sites for hydroxylation is 1. The molecule has 22 heavy (non-hydrogen) atoms. The second kappa shape index (κ2) is 5.23. The van der Waals surface area contributed by atoms with Crippen molar-refractivity contribution in [1.29, 1.82) is 0 Å². The second-order valence-corrected chi connectivity index (χ2v) is 6.04. The lowest BCUT2D eigenvalue weighted by atomic mass is 10.0. The third-order valence-corrected chi connectivity index (χ3v) is 4.37. The van der Waals surface area contributed by atoms with Crippen molar-refractivity contribution >= 4 is 5.91 Å². The summed E-state index contributed by atoms with van der Waals surface area (Å²) < 4.78 is 10.6. The van der Waals surface area contributed by atoms with Crippen LogP contribution in [0.3, 0.4) is 0 Å². The Bertz CT molecular complexity index is 675. The summed E-state index contributed by atoms with van der Waals surface area (Å²) in [6.07, 6.45) is 6.37. The average molecular weight is 302 g/mol. The molecule has 0 bridgehead atoms. The van der Waals surface area contributed by atoms with Crippen molar-refractivity contribution in [3.8, 4) is 0 Å². The average Bonchev–Trinajstić information content (AvgIpc) is 3.10. The van der Waals surface area contributed by atoms with Crippen LogP contribution in [0.25, 0.3) is 0 Å². The number of aromatic nitrogens is 3. The molecule has 3 heterocycles. The molecule has 2 aromatic rings. The maximum atomic E-state index is 12.9. The van der Waals surface area contributed by atoms with E-state index in [9.17, 15) is 4.79 Å². The topological polar surface area (TPSA) is 85.3 Å². The van der Waals surface area contributed by atoms with E-state index in [1.165, 1.54) is 6.39 Å². The van der Waals surface area contributed by atoms with Gasteiger partial charge in [0.1, 0.15) is 0 Å². The first kappa shape index (κ1) is 13.5. The molecule has 0 N–H and O–H groups in total. The number of likely N-dealkylation sites (tertiary alicyclic amines) is 1. The Labute approximate surface area is 127 Å². The van der Waals surface area contributed by atoms with Gasteiger partial charge in [0.15, 0.2) is 11.7 Å². The van der Waals surface area contributed by atoms with Gasteiger partial charge in [0.25, 0.3) is 5.91 Å². The van der Waals surface area contributed by atoms with E-state index in [0.717, 1.165) is 32.1 Å². The Kier molecular flexibility index (Phi) is 3.20. The van der Waals surface area contributed by atoms with Crippen LogP contribution in [0.2, 0.25) is 0 Å². The fourth-order valence-electron chi connectivity index (χ4n) is 3.02. The molecule has 7 heteroatoms. The molecule has 4 rings (SSSR count). The third kappa shape index (κ3) is 2.30. The van der Waals surface area contributed by atoms with Gasteiger partial charge in [-0.25, -0.2) is 4.98 Å². The standard InChI is InChI=1S/C15H18N4O3/c1-9-12(22-14(17-9)10-5-6-10)15(20)19-7-3-2-4-11(19)13-16-8-21-18-13/h8,10-11H,2-7H2,1H3. The molecule has 1 amide bonds. The van der Waals surface area contributed by atoms with E-state index in [0.29, 0.717) is 35.6 Å². The highest BCUT2D eigenvalue weighted by atomic mass is 16.5. The zero-order valence-corrected chi connectivity index (χ0v) is 12.5. The molecule has 1 saturated carbocycles. The molecule has 1 aliphatic heterocycles. The summed E-state index contributed by atoms with van der Waals surface area (Å²) >= 11 is 0. The van der Waals surface area contributed by atoms with Gasteiger partial charge in [-0.05, 0) is 39.0 Å². The molecular weight excluding hydrogens is 284 g/mol. The van der Waals surface area contributed by atoms with Crippen LogP contribution in [0.15, 0.2) is 15.3 Å². The third-order valence-electron chi connectivity index (χ3n) is 4.37. The van der Waals surface area contributed by atoms with Crippen molar-refractivity contribution in [3.05, 3.63) is 29.6 Å².